The summed E-state index contributed by atoms with van der Waals surface area (Å²) in [5.74, 6) is -0.572. The Kier molecular flexibility index (Phi) is 7.80. The Labute approximate surface area is 210 Å². The number of pyridine rings is 1. The van der Waals surface area contributed by atoms with E-state index in [1.54, 1.807) is 17.0 Å². The van der Waals surface area contributed by atoms with Crippen LogP contribution in [0.3, 0.4) is 0 Å². The average Bonchev–Trinajstić information content (AvgIpc) is 2.78. The molecule has 0 saturated carbocycles. The van der Waals surface area contributed by atoms with E-state index in [1.165, 1.54) is 19.4 Å². The monoisotopic (exact) mass is 507 g/mol. The number of amides is 2. The minimum atomic E-state index is -1.11. The number of likely N-dealkylation sites (tertiary alicyclic amines) is 1. The fourth-order valence-electron chi connectivity index (χ4n) is 4.41. The molecule has 2 atom stereocenters. The van der Waals surface area contributed by atoms with Crippen molar-refractivity contribution in [3.8, 4) is 5.88 Å². The second-order valence-corrected chi connectivity index (χ2v) is 10.5. The van der Waals surface area contributed by atoms with Crippen molar-refractivity contribution >= 4 is 35.0 Å². The Hall–Kier alpha value is -2.35. The zero-order valence-corrected chi connectivity index (χ0v) is 21.6. The lowest BCUT2D eigenvalue weighted by Crippen LogP contribution is -2.60. The SMILES string of the molecule is COc1ncc(C(=O)N[C@@H](C(=O)N2CC[C@](O)(c3ccc(Cl)cc3)C(C)(C)C2)C(C)C)cc1Cl. The molecule has 2 aromatic rings. The molecule has 1 aromatic heterocycles. The van der Waals surface area contributed by atoms with E-state index in [0.29, 0.717) is 24.5 Å². The number of methoxy groups -OCH3 is 1. The Morgan fingerprint density at radius 1 is 1.21 bits per heavy atom. The molecule has 0 spiro atoms. The molecule has 7 nitrogen and oxygen atoms in total. The summed E-state index contributed by atoms with van der Waals surface area (Å²) < 4.78 is 5.03. The molecule has 1 aromatic carbocycles. The summed E-state index contributed by atoms with van der Waals surface area (Å²) in [6.07, 6.45) is 1.72. The molecule has 1 saturated heterocycles. The van der Waals surface area contributed by atoms with Gasteiger partial charge in [-0.25, -0.2) is 4.98 Å². The van der Waals surface area contributed by atoms with Crippen LogP contribution in [0.15, 0.2) is 36.5 Å². The molecule has 0 bridgehead atoms. The van der Waals surface area contributed by atoms with Gasteiger partial charge in [-0.05, 0) is 36.1 Å². The number of rotatable bonds is 6. The first-order valence-electron chi connectivity index (χ1n) is 11.2. The van der Waals surface area contributed by atoms with Crippen molar-refractivity contribution in [3.63, 3.8) is 0 Å². The summed E-state index contributed by atoms with van der Waals surface area (Å²) in [5.41, 5.74) is -0.739. The van der Waals surface area contributed by atoms with E-state index < -0.39 is 23.0 Å². The Bertz CT molecular complexity index is 1060. The molecule has 0 aliphatic carbocycles. The van der Waals surface area contributed by atoms with Gasteiger partial charge < -0.3 is 20.1 Å². The number of piperidine rings is 1. The number of benzene rings is 1. The maximum Gasteiger partial charge on any atom is 0.253 e. The van der Waals surface area contributed by atoms with Gasteiger partial charge in [0.15, 0.2) is 0 Å². The molecular weight excluding hydrogens is 477 g/mol. The lowest BCUT2D eigenvalue weighted by Gasteiger charge is -2.51. The largest absolute Gasteiger partial charge is 0.480 e. The Balaban J connectivity index is 1.77. The smallest absolute Gasteiger partial charge is 0.253 e. The molecule has 1 fully saturated rings. The van der Waals surface area contributed by atoms with E-state index in [-0.39, 0.29) is 28.3 Å². The third-order valence-corrected chi connectivity index (χ3v) is 7.09. The van der Waals surface area contributed by atoms with Gasteiger partial charge in [0.25, 0.3) is 5.91 Å². The van der Waals surface area contributed by atoms with Crippen molar-refractivity contribution in [1.82, 2.24) is 15.2 Å². The van der Waals surface area contributed by atoms with Crippen molar-refractivity contribution in [2.75, 3.05) is 20.2 Å². The predicted octanol–water partition coefficient (Wildman–Crippen LogP) is 4.30. The summed E-state index contributed by atoms with van der Waals surface area (Å²) >= 11 is 12.1. The fraction of sp³-hybridized carbons (Fsp3) is 0.480. The van der Waals surface area contributed by atoms with Crippen LogP contribution < -0.4 is 10.1 Å². The zero-order valence-electron chi connectivity index (χ0n) is 20.1. The van der Waals surface area contributed by atoms with Crippen molar-refractivity contribution in [2.24, 2.45) is 11.3 Å². The average molecular weight is 508 g/mol. The summed E-state index contributed by atoms with van der Waals surface area (Å²) in [4.78, 5) is 32.1. The molecule has 2 N–H and O–H groups in total. The standard InChI is InChI=1S/C25H31Cl2N3O4/c1-15(2)20(29-21(31)16-12-19(27)22(34-5)28-13-16)23(32)30-11-10-25(33,24(3,4)14-30)17-6-8-18(26)9-7-17/h6-9,12-13,15,20,33H,10-11,14H2,1-5H3,(H,29,31)/t20-,25+/m1/s1. The van der Waals surface area contributed by atoms with Gasteiger partial charge in [-0.2, -0.15) is 0 Å². The van der Waals surface area contributed by atoms with Crippen LogP contribution in [0, 0.1) is 11.3 Å². The topological polar surface area (TPSA) is 91.8 Å². The number of aliphatic hydroxyl groups is 1. The van der Waals surface area contributed by atoms with E-state index in [0.717, 1.165) is 5.56 Å². The minimum absolute atomic E-state index is 0.154. The highest BCUT2D eigenvalue weighted by Crippen LogP contribution is 2.46. The first-order chi connectivity index (χ1) is 15.9. The highest BCUT2D eigenvalue weighted by atomic mass is 35.5. The molecule has 0 unspecified atom stereocenters. The van der Waals surface area contributed by atoms with Gasteiger partial charge in [-0.15, -0.1) is 0 Å². The molecule has 2 amide bonds. The van der Waals surface area contributed by atoms with Crippen molar-refractivity contribution in [3.05, 3.63) is 57.7 Å². The van der Waals surface area contributed by atoms with E-state index >= 15 is 0 Å². The number of halogens is 2. The number of carbonyl (C=O) groups excluding carboxylic acids is 2. The number of hydrogen-bond donors (Lipinski definition) is 2. The molecule has 34 heavy (non-hydrogen) atoms. The van der Waals surface area contributed by atoms with Crippen LogP contribution >= 0.6 is 23.2 Å². The van der Waals surface area contributed by atoms with Crippen LogP contribution in [0.4, 0.5) is 0 Å². The lowest BCUT2D eigenvalue weighted by molar-refractivity contribution is -0.155. The van der Waals surface area contributed by atoms with Crippen LogP contribution in [0.2, 0.25) is 10.0 Å². The van der Waals surface area contributed by atoms with Gasteiger partial charge >= 0.3 is 0 Å². The third kappa shape index (κ3) is 5.16. The van der Waals surface area contributed by atoms with E-state index in [2.05, 4.69) is 10.3 Å². The van der Waals surface area contributed by atoms with Crippen LogP contribution in [0.25, 0.3) is 0 Å². The molecule has 9 heteroatoms. The van der Waals surface area contributed by atoms with Gasteiger partial charge in [-0.3, -0.25) is 9.59 Å². The number of ether oxygens (including phenoxy) is 1. The third-order valence-electron chi connectivity index (χ3n) is 6.57. The van der Waals surface area contributed by atoms with Crippen LogP contribution in [0.1, 0.15) is 50.0 Å². The molecule has 184 valence electrons. The number of hydrogen-bond acceptors (Lipinski definition) is 5. The number of nitrogens with one attached hydrogen (secondary N) is 1. The minimum Gasteiger partial charge on any atom is -0.480 e. The van der Waals surface area contributed by atoms with Gasteiger partial charge in [0.05, 0.1) is 18.3 Å². The Morgan fingerprint density at radius 2 is 1.85 bits per heavy atom. The highest BCUT2D eigenvalue weighted by molar-refractivity contribution is 6.32. The Morgan fingerprint density at radius 3 is 2.38 bits per heavy atom. The van der Waals surface area contributed by atoms with Crippen LogP contribution in [0.5, 0.6) is 5.88 Å². The summed E-state index contributed by atoms with van der Waals surface area (Å²) in [5, 5.41) is 15.2. The zero-order chi connectivity index (χ0) is 25.3. The predicted molar refractivity (Wildman–Crippen MR) is 132 cm³/mol. The molecule has 1 aliphatic heterocycles. The number of nitrogens with zero attached hydrogens (tertiary/aromatic N) is 2. The molecule has 1 aliphatic rings. The van der Waals surface area contributed by atoms with Gasteiger partial charge in [0.2, 0.25) is 11.8 Å². The highest BCUT2D eigenvalue weighted by Gasteiger charge is 2.50. The first kappa shape index (κ1) is 26.3. The maximum atomic E-state index is 13.5. The molecule has 2 heterocycles. The quantitative estimate of drug-likeness (QED) is 0.607. The van der Waals surface area contributed by atoms with Crippen molar-refractivity contribution < 1.29 is 19.4 Å². The van der Waals surface area contributed by atoms with E-state index in [4.69, 9.17) is 27.9 Å². The first-order valence-corrected chi connectivity index (χ1v) is 11.9. The molecular formula is C25H31Cl2N3O4. The van der Waals surface area contributed by atoms with Crippen molar-refractivity contribution in [2.45, 2.75) is 45.8 Å². The lowest BCUT2D eigenvalue weighted by atomic mass is 9.66. The van der Waals surface area contributed by atoms with Crippen molar-refractivity contribution in [1.29, 1.82) is 0 Å². The summed E-state index contributed by atoms with van der Waals surface area (Å²) in [7, 11) is 1.44. The van der Waals surface area contributed by atoms with Crippen LogP contribution in [-0.4, -0.2) is 53.0 Å². The fourth-order valence-corrected chi connectivity index (χ4v) is 4.77. The second kappa shape index (κ2) is 10.1. The van der Waals surface area contributed by atoms with Crippen LogP contribution in [-0.2, 0) is 10.4 Å². The number of carbonyl (C=O) groups is 2. The summed E-state index contributed by atoms with van der Waals surface area (Å²) in [6.45, 7) is 8.32. The molecule has 3 rings (SSSR count). The number of aromatic nitrogens is 1. The van der Waals surface area contributed by atoms with E-state index in [9.17, 15) is 14.7 Å². The van der Waals surface area contributed by atoms with E-state index in [1.807, 2.05) is 39.8 Å². The van der Waals surface area contributed by atoms with Gasteiger partial charge in [-0.1, -0.05) is 63.0 Å². The maximum absolute atomic E-state index is 13.5. The van der Waals surface area contributed by atoms with Gasteiger partial charge in [0, 0.05) is 29.7 Å². The summed E-state index contributed by atoms with van der Waals surface area (Å²) in [6, 6.07) is 7.88. The van der Waals surface area contributed by atoms with Gasteiger partial charge in [0.1, 0.15) is 11.1 Å². The second-order valence-electron chi connectivity index (χ2n) is 9.67. The molecule has 0 radical (unpaired) electrons. The normalized spacial score (nSPS) is 20.7.